The average molecular weight is 290 g/mol. The van der Waals surface area contributed by atoms with Crippen molar-refractivity contribution in [2.75, 3.05) is 25.6 Å². The number of methoxy groups -OCH3 is 1. The van der Waals surface area contributed by atoms with E-state index < -0.39 is 0 Å². The van der Waals surface area contributed by atoms with Crippen molar-refractivity contribution in [2.45, 2.75) is 13.3 Å². The van der Waals surface area contributed by atoms with Crippen LogP contribution >= 0.6 is 0 Å². The molecule has 2 aromatic rings. The number of carbonyl (C=O) groups is 1. The number of carbonyl (C=O) groups excluding carboxylic acids is 1. The van der Waals surface area contributed by atoms with Crippen molar-refractivity contribution in [1.29, 1.82) is 0 Å². The number of rotatable bonds is 6. The van der Waals surface area contributed by atoms with Crippen LogP contribution in [-0.4, -0.2) is 46.5 Å². The first kappa shape index (κ1) is 14.9. The van der Waals surface area contributed by atoms with E-state index in [4.69, 9.17) is 4.74 Å². The summed E-state index contributed by atoms with van der Waals surface area (Å²) in [6.45, 7) is 2.99. The summed E-state index contributed by atoms with van der Waals surface area (Å²) in [5.41, 5.74) is 1.46. The van der Waals surface area contributed by atoms with E-state index in [1.807, 2.05) is 19.1 Å². The first-order valence-corrected chi connectivity index (χ1v) is 6.60. The third-order valence-corrected chi connectivity index (χ3v) is 2.78. The third-order valence-electron chi connectivity index (χ3n) is 2.78. The Bertz CT molecular complexity index is 598. The fourth-order valence-corrected chi connectivity index (χ4v) is 1.78. The summed E-state index contributed by atoms with van der Waals surface area (Å²) in [6, 6.07) is 7.05. The van der Waals surface area contributed by atoms with Crippen LogP contribution in [0.5, 0.6) is 0 Å². The van der Waals surface area contributed by atoms with Crippen LogP contribution in [0.1, 0.15) is 12.2 Å². The van der Waals surface area contributed by atoms with Crippen molar-refractivity contribution in [2.24, 2.45) is 0 Å². The molecular weight excluding hydrogens is 272 g/mol. The molecule has 2 rings (SSSR count). The lowest BCUT2D eigenvalue weighted by Crippen LogP contribution is -2.30. The second-order valence-electron chi connectivity index (χ2n) is 4.42. The first-order chi connectivity index (χ1) is 10.2. The molecule has 8 heteroatoms. The van der Waals surface area contributed by atoms with E-state index in [1.54, 1.807) is 23.9 Å². The number of amides is 2. The van der Waals surface area contributed by atoms with Gasteiger partial charge in [0.25, 0.3) is 0 Å². The van der Waals surface area contributed by atoms with Gasteiger partial charge in [-0.3, -0.25) is 0 Å². The number of anilines is 1. The molecule has 0 aliphatic carbocycles. The summed E-state index contributed by atoms with van der Waals surface area (Å²) in [7, 11) is 1.63. The van der Waals surface area contributed by atoms with E-state index in [1.165, 1.54) is 0 Å². The van der Waals surface area contributed by atoms with E-state index >= 15 is 0 Å². The number of benzene rings is 1. The topological polar surface area (TPSA) is 94.0 Å². The van der Waals surface area contributed by atoms with Gasteiger partial charge in [0, 0.05) is 25.9 Å². The molecule has 1 heterocycles. The van der Waals surface area contributed by atoms with Crippen LogP contribution in [0, 0.1) is 6.92 Å². The normalized spacial score (nSPS) is 10.4. The molecule has 0 atom stereocenters. The molecule has 0 fully saturated rings. The lowest BCUT2D eigenvalue weighted by molar-refractivity contribution is 0.194. The Morgan fingerprint density at radius 3 is 3.00 bits per heavy atom. The molecule has 8 nitrogen and oxygen atoms in total. The van der Waals surface area contributed by atoms with Gasteiger partial charge in [-0.1, -0.05) is 6.07 Å². The van der Waals surface area contributed by atoms with Gasteiger partial charge in [-0.2, -0.15) is 4.68 Å². The van der Waals surface area contributed by atoms with Gasteiger partial charge < -0.3 is 15.4 Å². The Morgan fingerprint density at radius 1 is 1.43 bits per heavy atom. The number of aromatic nitrogens is 4. The molecule has 112 valence electrons. The average Bonchev–Trinajstić information content (AvgIpc) is 2.90. The minimum Gasteiger partial charge on any atom is -0.385 e. The number of aryl methyl sites for hydroxylation is 1. The standard InChI is InChI=1S/C13H18N6O2/c1-10-16-17-18-19(10)12-6-3-5-11(9-12)15-13(20)14-7-4-8-21-2/h3,5-6,9H,4,7-8H2,1-2H3,(H2,14,15,20). The number of tetrazole rings is 1. The van der Waals surface area contributed by atoms with Gasteiger partial charge in [-0.25, -0.2) is 4.79 Å². The number of nitrogens with one attached hydrogen (secondary N) is 2. The first-order valence-electron chi connectivity index (χ1n) is 6.60. The highest BCUT2D eigenvalue weighted by atomic mass is 16.5. The monoisotopic (exact) mass is 290 g/mol. The van der Waals surface area contributed by atoms with Gasteiger partial charge in [0.05, 0.1) is 5.69 Å². The summed E-state index contributed by atoms with van der Waals surface area (Å²) in [4.78, 5) is 11.7. The highest BCUT2D eigenvalue weighted by molar-refractivity contribution is 5.89. The summed E-state index contributed by atoms with van der Waals surface area (Å²) in [5.74, 6) is 0.677. The molecule has 2 N–H and O–H groups in total. The second-order valence-corrected chi connectivity index (χ2v) is 4.42. The Morgan fingerprint density at radius 2 is 2.29 bits per heavy atom. The van der Waals surface area contributed by atoms with Gasteiger partial charge in [-0.05, 0) is 42.0 Å². The van der Waals surface area contributed by atoms with Crippen LogP contribution < -0.4 is 10.6 Å². The molecule has 0 aliphatic rings. The smallest absolute Gasteiger partial charge is 0.319 e. The number of hydrogen-bond donors (Lipinski definition) is 2. The van der Waals surface area contributed by atoms with Gasteiger partial charge in [-0.15, -0.1) is 5.10 Å². The molecule has 0 bridgehead atoms. The maximum atomic E-state index is 11.7. The summed E-state index contributed by atoms with van der Waals surface area (Å²) in [6.07, 6.45) is 0.772. The van der Waals surface area contributed by atoms with E-state index in [2.05, 4.69) is 26.2 Å². The maximum Gasteiger partial charge on any atom is 0.319 e. The minimum absolute atomic E-state index is 0.253. The molecule has 1 aromatic carbocycles. The molecule has 0 aliphatic heterocycles. The van der Waals surface area contributed by atoms with E-state index in [0.29, 0.717) is 24.7 Å². The summed E-state index contributed by atoms with van der Waals surface area (Å²) in [5, 5.41) is 16.8. The fourth-order valence-electron chi connectivity index (χ4n) is 1.78. The predicted molar refractivity (Wildman–Crippen MR) is 77.4 cm³/mol. The van der Waals surface area contributed by atoms with Crippen LogP contribution in [0.15, 0.2) is 24.3 Å². The molecule has 0 radical (unpaired) electrons. The van der Waals surface area contributed by atoms with Crippen molar-refractivity contribution in [3.05, 3.63) is 30.1 Å². The number of nitrogens with zero attached hydrogens (tertiary/aromatic N) is 4. The zero-order valence-electron chi connectivity index (χ0n) is 12.0. The van der Waals surface area contributed by atoms with E-state index in [-0.39, 0.29) is 6.03 Å². The summed E-state index contributed by atoms with van der Waals surface area (Å²) < 4.78 is 6.52. The number of ether oxygens (including phenoxy) is 1. The number of urea groups is 1. The van der Waals surface area contributed by atoms with Gasteiger partial charge in [0.2, 0.25) is 0 Å². The largest absolute Gasteiger partial charge is 0.385 e. The van der Waals surface area contributed by atoms with Crippen molar-refractivity contribution >= 4 is 11.7 Å². The SMILES string of the molecule is COCCCNC(=O)Nc1cccc(-n2nnnc2C)c1. The molecule has 2 amide bonds. The van der Waals surface area contributed by atoms with Crippen LogP contribution in [0.4, 0.5) is 10.5 Å². The fraction of sp³-hybridized carbons (Fsp3) is 0.385. The van der Waals surface area contributed by atoms with E-state index in [9.17, 15) is 4.79 Å². The van der Waals surface area contributed by atoms with E-state index in [0.717, 1.165) is 12.1 Å². The molecule has 0 unspecified atom stereocenters. The van der Waals surface area contributed by atoms with Crippen molar-refractivity contribution in [1.82, 2.24) is 25.5 Å². The molecule has 0 saturated heterocycles. The Kier molecular flexibility index (Phi) is 5.22. The van der Waals surface area contributed by atoms with Crippen molar-refractivity contribution in [3.63, 3.8) is 0 Å². The van der Waals surface area contributed by atoms with Gasteiger partial charge in [0.1, 0.15) is 0 Å². The lowest BCUT2D eigenvalue weighted by Gasteiger charge is -2.09. The second kappa shape index (κ2) is 7.34. The number of hydrogen-bond acceptors (Lipinski definition) is 5. The third kappa shape index (κ3) is 4.25. The molecule has 1 aromatic heterocycles. The van der Waals surface area contributed by atoms with Gasteiger partial charge >= 0.3 is 6.03 Å². The lowest BCUT2D eigenvalue weighted by atomic mass is 10.3. The highest BCUT2D eigenvalue weighted by Gasteiger charge is 2.06. The van der Waals surface area contributed by atoms with Crippen LogP contribution in [-0.2, 0) is 4.74 Å². The Hall–Kier alpha value is -2.48. The molecular formula is C13H18N6O2. The van der Waals surface area contributed by atoms with Crippen LogP contribution in [0.2, 0.25) is 0 Å². The molecule has 0 saturated carbocycles. The zero-order chi connectivity index (χ0) is 15.1. The van der Waals surface area contributed by atoms with Crippen LogP contribution in [0.3, 0.4) is 0 Å². The van der Waals surface area contributed by atoms with Crippen molar-refractivity contribution < 1.29 is 9.53 Å². The zero-order valence-corrected chi connectivity index (χ0v) is 12.0. The Balaban J connectivity index is 1.95. The van der Waals surface area contributed by atoms with Crippen LogP contribution in [0.25, 0.3) is 5.69 Å². The quantitative estimate of drug-likeness (QED) is 0.778. The Labute approximate surface area is 122 Å². The maximum absolute atomic E-state index is 11.7. The van der Waals surface area contributed by atoms with Gasteiger partial charge in [0.15, 0.2) is 5.82 Å². The minimum atomic E-state index is -0.253. The van der Waals surface area contributed by atoms with Crippen molar-refractivity contribution in [3.8, 4) is 5.69 Å². The predicted octanol–water partition coefficient (Wildman–Crippen LogP) is 1.13. The summed E-state index contributed by atoms with van der Waals surface area (Å²) >= 11 is 0. The highest BCUT2D eigenvalue weighted by Crippen LogP contribution is 2.14. The molecule has 0 spiro atoms. The molecule has 21 heavy (non-hydrogen) atoms.